The molecule has 0 bridgehead atoms. The molecule has 6 heteroatoms. The van der Waals surface area contributed by atoms with E-state index in [4.69, 9.17) is 14.2 Å². The Kier molecular flexibility index (Phi) is 6.89. The smallest absolute Gasteiger partial charge is 0.410 e. The Hall–Kier alpha value is -0.850. The van der Waals surface area contributed by atoms with Crippen molar-refractivity contribution in [2.75, 3.05) is 26.4 Å². The Morgan fingerprint density at radius 3 is 2.79 bits per heavy atom. The molecule has 1 N–H and O–H groups in total. The number of hydrogen-bond donors (Lipinski definition) is 1. The molecule has 2 fully saturated rings. The van der Waals surface area contributed by atoms with Gasteiger partial charge in [-0.3, -0.25) is 0 Å². The first-order valence-corrected chi connectivity index (χ1v) is 9.19. The van der Waals surface area contributed by atoms with Gasteiger partial charge in [0.1, 0.15) is 5.60 Å². The molecule has 4 unspecified atom stereocenters. The standard InChI is InChI=1S/C18H34N2O4/c1-13(19-15-6-8-23-14(2)11-15)10-16-12-22-9-7-20(16)17(21)24-18(3,4)5/h13-16,19H,6-12H2,1-5H3. The van der Waals surface area contributed by atoms with Crippen molar-refractivity contribution in [3.8, 4) is 0 Å². The number of morpholine rings is 1. The van der Waals surface area contributed by atoms with Crippen LogP contribution in [0.3, 0.4) is 0 Å². The van der Waals surface area contributed by atoms with Crippen LogP contribution in [-0.4, -0.2) is 67.2 Å². The van der Waals surface area contributed by atoms with Gasteiger partial charge in [0.15, 0.2) is 0 Å². The minimum absolute atomic E-state index is 0.0633. The average Bonchev–Trinajstić information content (AvgIpc) is 2.45. The van der Waals surface area contributed by atoms with Gasteiger partial charge in [-0.2, -0.15) is 0 Å². The molecular formula is C18H34N2O4. The largest absolute Gasteiger partial charge is 0.444 e. The van der Waals surface area contributed by atoms with Crippen molar-refractivity contribution in [3.05, 3.63) is 0 Å². The third-order valence-corrected chi connectivity index (χ3v) is 4.49. The highest BCUT2D eigenvalue weighted by Gasteiger charge is 2.32. The van der Waals surface area contributed by atoms with E-state index in [-0.39, 0.29) is 12.1 Å². The number of hydrogen-bond acceptors (Lipinski definition) is 5. The summed E-state index contributed by atoms with van der Waals surface area (Å²) in [7, 11) is 0. The fourth-order valence-electron chi connectivity index (χ4n) is 3.44. The van der Waals surface area contributed by atoms with Crippen molar-refractivity contribution in [3.63, 3.8) is 0 Å². The molecule has 1 amide bonds. The summed E-state index contributed by atoms with van der Waals surface area (Å²) in [6, 6.07) is 0.869. The number of nitrogens with one attached hydrogen (secondary N) is 1. The second-order valence-corrected chi connectivity index (χ2v) is 8.11. The topological polar surface area (TPSA) is 60.0 Å². The highest BCUT2D eigenvalue weighted by atomic mass is 16.6. The van der Waals surface area contributed by atoms with Crippen molar-refractivity contribution < 1.29 is 19.0 Å². The van der Waals surface area contributed by atoms with Crippen molar-refractivity contribution >= 4 is 6.09 Å². The average molecular weight is 342 g/mol. The van der Waals surface area contributed by atoms with Crippen LogP contribution in [0, 0.1) is 0 Å². The predicted octanol–water partition coefficient (Wildman–Crippen LogP) is 2.56. The quantitative estimate of drug-likeness (QED) is 0.851. The van der Waals surface area contributed by atoms with Gasteiger partial charge >= 0.3 is 6.09 Å². The Balaban J connectivity index is 1.86. The first-order valence-electron chi connectivity index (χ1n) is 9.19. The number of amides is 1. The van der Waals surface area contributed by atoms with Crippen molar-refractivity contribution in [2.45, 2.75) is 83.7 Å². The molecule has 24 heavy (non-hydrogen) atoms. The van der Waals surface area contributed by atoms with Crippen LogP contribution in [0.25, 0.3) is 0 Å². The van der Waals surface area contributed by atoms with Gasteiger partial charge in [0.05, 0.1) is 25.4 Å². The molecule has 2 aliphatic rings. The predicted molar refractivity (Wildman–Crippen MR) is 93.2 cm³/mol. The SMILES string of the molecule is CC(CC1COCCN1C(=O)OC(C)(C)C)NC1CCOC(C)C1. The molecule has 0 aliphatic carbocycles. The highest BCUT2D eigenvalue weighted by Crippen LogP contribution is 2.19. The fourth-order valence-corrected chi connectivity index (χ4v) is 3.44. The van der Waals surface area contributed by atoms with Gasteiger partial charge in [-0.15, -0.1) is 0 Å². The maximum absolute atomic E-state index is 12.4. The zero-order valence-corrected chi connectivity index (χ0v) is 15.8. The van der Waals surface area contributed by atoms with Crippen LogP contribution in [0.2, 0.25) is 0 Å². The Bertz CT molecular complexity index is 410. The lowest BCUT2D eigenvalue weighted by Crippen LogP contribution is -2.53. The molecule has 0 spiro atoms. The first kappa shape index (κ1) is 19.5. The van der Waals surface area contributed by atoms with Gasteiger partial charge < -0.3 is 24.4 Å². The van der Waals surface area contributed by atoms with E-state index in [0.29, 0.717) is 37.9 Å². The van der Waals surface area contributed by atoms with Crippen LogP contribution < -0.4 is 5.32 Å². The molecule has 2 rings (SSSR count). The molecule has 0 aromatic rings. The van der Waals surface area contributed by atoms with E-state index in [9.17, 15) is 4.79 Å². The van der Waals surface area contributed by atoms with Crippen molar-refractivity contribution in [1.82, 2.24) is 10.2 Å². The number of carbonyl (C=O) groups is 1. The zero-order chi connectivity index (χ0) is 17.7. The molecule has 2 saturated heterocycles. The Morgan fingerprint density at radius 2 is 2.12 bits per heavy atom. The van der Waals surface area contributed by atoms with Gasteiger partial charge in [-0.25, -0.2) is 4.79 Å². The minimum atomic E-state index is -0.470. The van der Waals surface area contributed by atoms with Gasteiger partial charge in [-0.05, 0) is 53.9 Å². The zero-order valence-electron chi connectivity index (χ0n) is 15.8. The maximum atomic E-state index is 12.4. The summed E-state index contributed by atoms with van der Waals surface area (Å²) in [4.78, 5) is 14.3. The number of nitrogens with zero attached hydrogens (tertiary/aromatic N) is 1. The summed E-state index contributed by atoms with van der Waals surface area (Å²) >= 11 is 0. The lowest BCUT2D eigenvalue weighted by atomic mass is 10.0. The van der Waals surface area contributed by atoms with Crippen LogP contribution in [0.5, 0.6) is 0 Å². The van der Waals surface area contributed by atoms with E-state index in [1.807, 2.05) is 25.7 Å². The summed E-state index contributed by atoms with van der Waals surface area (Å²) in [5.41, 5.74) is -0.470. The number of rotatable bonds is 4. The molecule has 0 aromatic heterocycles. The van der Waals surface area contributed by atoms with Crippen LogP contribution >= 0.6 is 0 Å². The minimum Gasteiger partial charge on any atom is -0.444 e. The lowest BCUT2D eigenvalue weighted by molar-refractivity contribution is -0.0365. The van der Waals surface area contributed by atoms with Crippen molar-refractivity contribution in [1.29, 1.82) is 0 Å². The molecule has 140 valence electrons. The van der Waals surface area contributed by atoms with Gasteiger partial charge in [0.2, 0.25) is 0 Å². The van der Waals surface area contributed by atoms with Crippen LogP contribution in [-0.2, 0) is 14.2 Å². The second kappa shape index (κ2) is 8.50. The number of ether oxygens (including phenoxy) is 3. The summed E-state index contributed by atoms with van der Waals surface area (Å²) in [6.45, 7) is 12.6. The van der Waals surface area contributed by atoms with Crippen molar-refractivity contribution in [2.24, 2.45) is 0 Å². The summed E-state index contributed by atoms with van der Waals surface area (Å²) in [5.74, 6) is 0. The first-order chi connectivity index (χ1) is 11.2. The third kappa shape index (κ3) is 6.22. The summed E-state index contributed by atoms with van der Waals surface area (Å²) in [5, 5.41) is 3.69. The molecule has 0 aromatic carbocycles. The Labute approximate surface area is 146 Å². The van der Waals surface area contributed by atoms with E-state index >= 15 is 0 Å². The van der Waals surface area contributed by atoms with Gasteiger partial charge in [0.25, 0.3) is 0 Å². The third-order valence-electron chi connectivity index (χ3n) is 4.49. The van der Waals surface area contributed by atoms with E-state index in [0.717, 1.165) is 25.9 Å². The second-order valence-electron chi connectivity index (χ2n) is 8.11. The lowest BCUT2D eigenvalue weighted by Gasteiger charge is -2.38. The molecule has 0 radical (unpaired) electrons. The van der Waals surface area contributed by atoms with Crippen LogP contribution in [0.4, 0.5) is 4.79 Å². The van der Waals surface area contributed by atoms with E-state index in [1.165, 1.54) is 0 Å². The summed E-state index contributed by atoms with van der Waals surface area (Å²) in [6.07, 6.45) is 3.04. The van der Waals surface area contributed by atoms with E-state index < -0.39 is 5.60 Å². The molecular weight excluding hydrogens is 308 g/mol. The molecule has 2 heterocycles. The molecule has 0 saturated carbocycles. The van der Waals surface area contributed by atoms with Gasteiger partial charge in [0, 0.05) is 25.2 Å². The fraction of sp³-hybridized carbons (Fsp3) is 0.944. The Morgan fingerprint density at radius 1 is 1.38 bits per heavy atom. The van der Waals surface area contributed by atoms with Crippen LogP contribution in [0.1, 0.15) is 53.9 Å². The number of carbonyl (C=O) groups excluding carboxylic acids is 1. The maximum Gasteiger partial charge on any atom is 0.410 e. The molecule has 2 aliphatic heterocycles. The van der Waals surface area contributed by atoms with E-state index in [2.05, 4.69) is 19.2 Å². The normalized spacial score (nSPS) is 30.0. The highest BCUT2D eigenvalue weighted by molar-refractivity contribution is 5.68. The van der Waals surface area contributed by atoms with Gasteiger partial charge in [-0.1, -0.05) is 0 Å². The molecule has 4 atom stereocenters. The molecule has 6 nitrogen and oxygen atoms in total. The van der Waals surface area contributed by atoms with E-state index in [1.54, 1.807) is 0 Å². The monoisotopic (exact) mass is 342 g/mol. The van der Waals surface area contributed by atoms with Crippen LogP contribution in [0.15, 0.2) is 0 Å². The summed E-state index contributed by atoms with van der Waals surface area (Å²) < 4.78 is 16.8.